The van der Waals surface area contributed by atoms with Gasteiger partial charge in [-0.2, -0.15) is 0 Å². The predicted molar refractivity (Wildman–Crippen MR) is 43.8 cm³/mol. The molecule has 0 amide bonds. The zero-order chi connectivity index (χ0) is 6.81. The molecule has 0 nitrogen and oxygen atoms in total. The van der Waals surface area contributed by atoms with Gasteiger partial charge in [0.15, 0.2) is 0 Å². The number of hydrogen-bond acceptors (Lipinski definition) is 0. The van der Waals surface area contributed by atoms with Crippen molar-refractivity contribution in [1.29, 1.82) is 0 Å². The van der Waals surface area contributed by atoms with Crippen LogP contribution in [0.1, 0.15) is 32.1 Å². The van der Waals surface area contributed by atoms with Crippen LogP contribution >= 0.6 is 0 Å². The van der Waals surface area contributed by atoms with E-state index in [0.717, 1.165) is 5.92 Å². The summed E-state index contributed by atoms with van der Waals surface area (Å²) >= 11 is 0. The molecule has 0 radical (unpaired) electrons. The van der Waals surface area contributed by atoms with Crippen LogP contribution in [0.15, 0.2) is 23.8 Å². The molecule has 3 rings (SSSR count). The fourth-order valence-electron chi connectivity index (χ4n) is 1.87. The van der Waals surface area contributed by atoms with E-state index in [1.165, 1.54) is 32.1 Å². The van der Waals surface area contributed by atoms with E-state index < -0.39 is 0 Å². The van der Waals surface area contributed by atoms with Crippen molar-refractivity contribution in [2.75, 3.05) is 0 Å². The molecule has 0 aliphatic heterocycles. The van der Waals surface area contributed by atoms with Crippen LogP contribution in [0.25, 0.3) is 0 Å². The van der Waals surface area contributed by atoms with Crippen molar-refractivity contribution in [3.63, 3.8) is 0 Å². The third kappa shape index (κ3) is 1.16. The Kier molecular flexibility index (Phi) is 1.62. The Morgan fingerprint density at radius 1 is 1.20 bits per heavy atom. The molecule has 0 aromatic carbocycles. The molecule has 0 aromatic heterocycles. The first-order valence-corrected chi connectivity index (χ1v) is 4.28. The second-order valence-electron chi connectivity index (χ2n) is 3.41. The summed E-state index contributed by atoms with van der Waals surface area (Å²) in [5.41, 5.74) is 1.67. The van der Waals surface area contributed by atoms with Crippen LogP contribution in [0.5, 0.6) is 0 Å². The molecule has 0 fully saturated rings. The summed E-state index contributed by atoms with van der Waals surface area (Å²) in [5.74, 6) is 0.972. The Morgan fingerprint density at radius 3 is 3.00 bits per heavy atom. The van der Waals surface area contributed by atoms with Crippen molar-refractivity contribution in [2.24, 2.45) is 5.92 Å². The Bertz CT molecular complexity index is 174. The van der Waals surface area contributed by atoms with E-state index in [-0.39, 0.29) is 0 Å². The molecular weight excluding hydrogens is 120 g/mol. The van der Waals surface area contributed by atoms with Crippen LogP contribution in [0.2, 0.25) is 0 Å². The minimum Gasteiger partial charge on any atom is -0.0879 e. The molecule has 2 bridgehead atoms. The lowest BCUT2D eigenvalue weighted by Gasteiger charge is -2.22. The summed E-state index contributed by atoms with van der Waals surface area (Å²) in [6.45, 7) is 0. The van der Waals surface area contributed by atoms with Crippen LogP contribution in [0.3, 0.4) is 0 Å². The van der Waals surface area contributed by atoms with Crippen molar-refractivity contribution in [3.05, 3.63) is 23.8 Å². The van der Waals surface area contributed by atoms with Gasteiger partial charge in [-0.05, 0) is 38.0 Å². The normalized spacial score (nSPS) is 34.4. The van der Waals surface area contributed by atoms with Gasteiger partial charge in [0.05, 0.1) is 0 Å². The van der Waals surface area contributed by atoms with Gasteiger partial charge in [0.25, 0.3) is 0 Å². The fourth-order valence-corrected chi connectivity index (χ4v) is 1.87. The maximum atomic E-state index is 2.46. The molecule has 3 aliphatic carbocycles. The summed E-state index contributed by atoms with van der Waals surface area (Å²) in [4.78, 5) is 0. The quantitative estimate of drug-likeness (QED) is 0.447. The lowest BCUT2D eigenvalue weighted by Crippen LogP contribution is -2.06. The topological polar surface area (TPSA) is 0 Å². The van der Waals surface area contributed by atoms with Crippen LogP contribution in [0.4, 0.5) is 0 Å². The number of allylic oxidation sites excluding steroid dienone is 4. The van der Waals surface area contributed by atoms with Crippen molar-refractivity contribution < 1.29 is 0 Å². The molecule has 10 heavy (non-hydrogen) atoms. The Balaban J connectivity index is 2.17. The molecule has 1 unspecified atom stereocenters. The van der Waals surface area contributed by atoms with Crippen LogP contribution in [0, 0.1) is 5.92 Å². The summed E-state index contributed by atoms with van der Waals surface area (Å²) in [6, 6.07) is 0. The van der Waals surface area contributed by atoms with Gasteiger partial charge in [-0.25, -0.2) is 0 Å². The van der Waals surface area contributed by atoms with Crippen molar-refractivity contribution in [3.8, 4) is 0 Å². The lowest BCUT2D eigenvalue weighted by atomic mass is 9.84. The standard InChI is InChI=1S/C10H14/c1-2-4-10-7-5-9(3-1)6-8-10/h1-2,5,10H,3-4,6-8H2/b2-1-. The average molecular weight is 134 g/mol. The van der Waals surface area contributed by atoms with Crippen LogP contribution < -0.4 is 0 Å². The fraction of sp³-hybridized carbons (Fsp3) is 0.600. The Labute approximate surface area is 62.6 Å². The molecule has 0 heterocycles. The Morgan fingerprint density at radius 2 is 2.20 bits per heavy atom. The third-order valence-electron chi connectivity index (χ3n) is 2.63. The second-order valence-corrected chi connectivity index (χ2v) is 3.41. The van der Waals surface area contributed by atoms with Gasteiger partial charge in [-0.3, -0.25) is 0 Å². The number of hydrogen-bond donors (Lipinski definition) is 0. The van der Waals surface area contributed by atoms with E-state index in [4.69, 9.17) is 0 Å². The highest BCUT2D eigenvalue weighted by Crippen LogP contribution is 2.30. The molecule has 0 saturated heterocycles. The van der Waals surface area contributed by atoms with Gasteiger partial charge in [0.2, 0.25) is 0 Å². The van der Waals surface area contributed by atoms with E-state index in [1.54, 1.807) is 5.57 Å². The molecule has 0 spiro atoms. The van der Waals surface area contributed by atoms with Gasteiger partial charge in [-0.15, -0.1) is 0 Å². The average Bonchev–Trinajstić information content (AvgIpc) is 1.89. The molecule has 0 saturated carbocycles. The van der Waals surface area contributed by atoms with E-state index in [2.05, 4.69) is 18.2 Å². The number of rotatable bonds is 0. The highest BCUT2D eigenvalue weighted by molar-refractivity contribution is 5.13. The van der Waals surface area contributed by atoms with E-state index in [0.29, 0.717) is 0 Å². The third-order valence-corrected chi connectivity index (χ3v) is 2.63. The zero-order valence-electron chi connectivity index (χ0n) is 6.34. The minimum atomic E-state index is 0.972. The maximum Gasteiger partial charge on any atom is -0.0139 e. The first-order chi connectivity index (χ1) is 4.95. The van der Waals surface area contributed by atoms with E-state index >= 15 is 0 Å². The monoisotopic (exact) mass is 134 g/mol. The molecule has 3 aliphatic rings. The van der Waals surface area contributed by atoms with Gasteiger partial charge < -0.3 is 0 Å². The summed E-state index contributed by atoms with van der Waals surface area (Å²) in [6.07, 6.45) is 13.9. The molecule has 0 aromatic rings. The van der Waals surface area contributed by atoms with E-state index in [9.17, 15) is 0 Å². The summed E-state index contributed by atoms with van der Waals surface area (Å²) < 4.78 is 0. The zero-order valence-corrected chi connectivity index (χ0v) is 6.34. The van der Waals surface area contributed by atoms with Crippen molar-refractivity contribution in [1.82, 2.24) is 0 Å². The minimum absolute atomic E-state index is 0.972. The number of fused-ring (bicyclic) bond motifs is 4. The largest absolute Gasteiger partial charge is 0.0879 e. The van der Waals surface area contributed by atoms with Gasteiger partial charge in [0.1, 0.15) is 0 Å². The van der Waals surface area contributed by atoms with Crippen molar-refractivity contribution in [2.45, 2.75) is 32.1 Å². The molecular formula is C10H14. The highest BCUT2D eigenvalue weighted by Gasteiger charge is 2.13. The highest BCUT2D eigenvalue weighted by atomic mass is 14.2. The van der Waals surface area contributed by atoms with Crippen LogP contribution in [-0.2, 0) is 0 Å². The lowest BCUT2D eigenvalue weighted by molar-refractivity contribution is 0.466. The van der Waals surface area contributed by atoms with Gasteiger partial charge in [-0.1, -0.05) is 23.8 Å². The smallest absolute Gasteiger partial charge is 0.0139 e. The predicted octanol–water partition coefficient (Wildman–Crippen LogP) is 3.06. The summed E-state index contributed by atoms with van der Waals surface area (Å²) in [7, 11) is 0. The second kappa shape index (κ2) is 2.61. The Hall–Kier alpha value is -0.520. The molecule has 0 heteroatoms. The molecule has 54 valence electrons. The van der Waals surface area contributed by atoms with E-state index in [1.807, 2.05) is 0 Å². The van der Waals surface area contributed by atoms with Crippen molar-refractivity contribution >= 4 is 0 Å². The van der Waals surface area contributed by atoms with Gasteiger partial charge in [0, 0.05) is 0 Å². The van der Waals surface area contributed by atoms with Crippen LogP contribution in [-0.4, -0.2) is 0 Å². The first-order valence-electron chi connectivity index (χ1n) is 4.28. The first kappa shape index (κ1) is 6.21. The van der Waals surface area contributed by atoms with Gasteiger partial charge >= 0.3 is 0 Å². The SMILES string of the molecule is C1=C2C/C=C\CC(C1)CC2. The summed E-state index contributed by atoms with van der Waals surface area (Å²) in [5, 5.41) is 0. The molecule has 0 N–H and O–H groups in total. The maximum absolute atomic E-state index is 2.46. The molecule has 1 atom stereocenters.